The van der Waals surface area contributed by atoms with E-state index in [0.29, 0.717) is 6.54 Å². The van der Waals surface area contributed by atoms with E-state index in [4.69, 9.17) is 10.9 Å². The summed E-state index contributed by atoms with van der Waals surface area (Å²) >= 11 is 0. The number of hydrogen-bond donors (Lipinski definition) is 2. The Kier molecular flexibility index (Phi) is 3.55. The summed E-state index contributed by atoms with van der Waals surface area (Å²) in [6, 6.07) is 7.59. The Labute approximate surface area is 112 Å². The molecular weight excluding hydrogens is 240 g/mol. The Morgan fingerprint density at radius 1 is 1.32 bits per heavy atom. The summed E-state index contributed by atoms with van der Waals surface area (Å²) in [4.78, 5) is 0. The first-order chi connectivity index (χ1) is 9.04. The highest BCUT2D eigenvalue weighted by Gasteiger charge is 2.11. The molecule has 1 aromatic heterocycles. The third-order valence-corrected chi connectivity index (χ3v) is 3.46. The quantitative estimate of drug-likeness (QED) is 0.382. The maximum atomic E-state index is 8.82. The second-order valence-corrected chi connectivity index (χ2v) is 4.60. The van der Waals surface area contributed by atoms with Gasteiger partial charge in [-0.1, -0.05) is 29.4 Å². The summed E-state index contributed by atoms with van der Waals surface area (Å²) in [5.74, 6) is 0.119. The van der Waals surface area contributed by atoms with Crippen LogP contribution in [0, 0.1) is 20.8 Å². The summed E-state index contributed by atoms with van der Waals surface area (Å²) in [6.07, 6.45) is 0. The maximum Gasteiger partial charge on any atom is 0.170 e. The van der Waals surface area contributed by atoms with E-state index in [1.165, 1.54) is 5.56 Å². The van der Waals surface area contributed by atoms with Crippen molar-refractivity contribution in [1.82, 2.24) is 9.78 Å². The number of aryl methyl sites for hydroxylation is 1. The van der Waals surface area contributed by atoms with E-state index in [1.807, 2.05) is 42.8 Å². The lowest BCUT2D eigenvalue weighted by atomic mass is 10.1. The first-order valence-corrected chi connectivity index (χ1v) is 6.11. The largest absolute Gasteiger partial charge is 0.409 e. The smallest absolute Gasteiger partial charge is 0.170 e. The molecule has 19 heavy (non-hydrogen) atoms. The summed E-state index contributed by atoms with van der Waals surface area (Å²) < 4.78 is 1.94. The number of amidine groups is 1. The number of oxime groups is 1. The molecule has 0 radical (unpaired) electrons. The fourth-order valence-corrected chi connectivity index (χ4v) is 2.06. The molecule has 2 aromatic rings. The topological polar surface area (TPSA) is 76.4 Å². The van der Waals surface area contributed by atoms with Gasteiger partial charge in [0.25, 0.3) is 0 Å². The van der Waals surface area contributed by atoms with Crippen LogP contribution in [0.2, 0.25) is 0 Å². The average Bonchev–Trinajstić information content (AvgIpc) is 2.66. The highest BCUT2D eigenvalue weighted by molar-refractivity contribution is 5.98. The van der Waals surface area contributed by atoms with E-state index in [1.54, 1.807) is 0 Å². The zero-order valence-corrected chi connectivity index (χ0v) is 11.4. The Hall–Kier alpha value is -2.30. The summed E-state index contributed by atoms with van der Waals surface area (Å²) in [5, 5.41) is 16.4. The number of benzene rings is 1. The van der Waals surface area contributed by atoms with E-state index < -0.39 is 0 Å². The molecule has 1 heterocycles. The molecular formula is C14H18N4O. The van der Waals surface area contributed by atoms with Gasteiger partial charge in [-0.05, 0) is 31.9 Å². The van der Waals surface area contributed by atoms with Crippen LogP contribution in [0.4, 0.5) is 0 Å². The zero-order chi connectivity index (χ0) is 14.0. The van der Waals surface area contributed by atoms with Gasteiger partial charge in [0.1, 0.15) is 0 Å². The van der Waals surface area contributed by atoms with Crippen LogP contribution >= 0.6 is 0 Å². The Bertz CT molecular complexity index is 628. The second kappa shape index (κ2) is 5.14. The number of nitrogens with zero attached hydrogens (tertiary/aromatic N) is 3. The SMILES string of the molecule is Cc1nn(Cc2ccccc2C(N)=NO)c(C)c1C. The lowest BCUT2D eigenvalue weighted by Gasteiger charge is -2.09. The predicted octanol–water partition coefficient (Wildman–Crippen LogP) is 1.95. The molecule has 0 aliphatic heterocycles. The molecule has 0 amide bonds. The molecule has 0 bridgehead atoms. The van der Waals surface area contributed by atoms with Crippen molar-refractivity contribution in [2.75, 3.05) is 0 Å². The summed E-state index contributed by atoms with van der Waals surface area (Å²) in [5.41, 5.74) is 10.8. The van der Waals surface area contributed by atoms with Gasteiger partial charge < -0.3 is 10.9 Å². The molecule has 100 valence electrons. The van der Waals surface area contributed by atoms with Gasteiger partial charge >= 0.3 is 0 Å². The van der Waals surface area contributed by atoms with Crippen LogP contribution in [0.1, 0.15) is 28.1 Å². The van der Waals surface area contributed by atoms with Gasteiger partial charge in [-0.2, -0.15) is 5.10 Å². The molecule has 0 aliphatic carbocycles. The number of hydrogen-bond acceptors (Lipinski definition) is 3. The van der Waals surface area contributed by atoms with Crippen molar-refractivity contribution in [1.29, 1.82) is 0 Å². The predicted molar refractivity (Wildman–Crippen MR) is 74.5 cm³/mol. The number of aromatic nitrogens is 2. The van der Waals surface area contributed by atoms with Gasteiger partial charge in [-0.15, -0.1) is 0 Å². The van der Waals surface area contributed by atoms with Gasteiger partial charge in [-0.3, -0.25) is 4.68 Å². The molecule has 5 heteroatoms. The van der Waals surface area contributed by atoms with Crippen LogP contribution in [-0.4, -0.2) is 20.8 Å². The first-order valence-electron chi connectivity index (χ1n) is 6.11. The Balaban J connectivity index is 2.41. The number of nitrogens with two attached hydrogens (primary N) is 1. The molecule has 0 saturated heterocycles. The molecule has 0 spiro atoms. The maximum absolute atomic E-state index is 8.82. The minimum absolute atomic E-state index is 0.119. The summed E-state index contributed by atoms with van der Waals surface area (Å²) in [7, 11) is 0. The third kappa shape index (κ3) is 2.45. The van der Waals surface area contributed by atoms with Crippen molar-refractivity contribution in [2.24, 2.45) is 10.9 Å². The molecule has 5 nitrogen and oxygen atoms in total. The van der Waals surface area contributed by atoms with Crippen molar-refractivity contribution in [2.45, 2.75) is 27.3 Å². The fourth-order valence-electron chi connectivity index (χ4n) is 2.06. The lowest BCUT2D eigenvalue weighted by Crippen LogP contribution is -2.17. The second-order valence-electron chi connectivity index (χ2n) is 4.60. The van der Waals surface area contributed by atoms with Crippen LogP contribution < -0.4 is 5.73 Å². The van der Waals surface area contributed by atoms with Crippen LogP contribution in [0.3, 0.4) is 0 Å². The van der Waals surface area contributed by atoms with Crippen LogP contribution in [0.5, 0.6) is 0 Å². The van der Waals surface area contributed by atoms with Crippen molar-refractivity contribution < 1.29 is 5.21 Å². The van der Waals surface area contributed by atoms with E-state index in [0.717, 1.165) is 22.5 Å². The standard InChI is InChI=1S/C14H18N4O/c1-9-10(2)16-18(11(9)3)8-12-6-4-5-7-13(12)14(15)17-19/h4-7,19H,8H2,1-3H3,(H2,15,17). The van der Waals surface area contributed by atoms with Crippen LogP contribution in [-0.2, 0) is 6.54 Å². The molecule has 0 atom stereocenters. The molecule has 3 N–H and O–H groups in total. The van der Waals surface area contributed by atoms with E-state index >= 15 is 0 Å². The molecule has 2 rings (SSSR count). The lowest BCUT2D eigenvalue weighted by molar-refractivity contribution is 0.318. The number of rotatable bonds is 3. The van der Waals surface area contributed by atoms with Gasteiger partial charge in [0, 0.05) is 11.3 Å². The van der Waals surface area contributed by atoms with Crippen molar-refractivity contribution in [3.8, 4) is 0 Å². The zero-order valence-electron chi connectivity index (χ0n) is 11.4. The van der Waals surface area contributed by atoms with E-state index in [-0.39, 0.29) is 5.84 Å². The molecule has 1 aromatic carbocycles. The summed E-state index contributed by atoms with van der Waals surface area (Å²) in [6.45, 7) is 6.70. The minimum Gasteiger partial charge on any atom is -0.409 e. The molecule has 0 aliphatic rings. The Morgan fingerprint density at radius 3 is 2.58 bits per heavy atom. The third-order valence-electron chi connectivity index (χ3n) is 3.46. The van der Waals surface area contributed by atoms with E-state index in [9.17, 15) is 0 Å². The van der Waals surface area contributed by atoms with Crippen molar-refractivity contribution in [3.05, 3.63) is 52.3 Å². The van der Waals surface area contributed by atoms with Gasteiger partial charge in [-0.25, -0.2) is 0 Å². The average molecular weight is 258 g/mol. The molecule has 0 unspecified atom stereocenters. The van der Waals surface area contributed by atoms with Crippen molar-refractivity contribution >= 4 is 5.84 Å². The minimum atomic E-state index is 0.119. The van der Waals surface area contributed by atoms with Gasteiger partial charge in [0.2, 0.25) is 0 Å². The molecule has 0 fully saturated rings. The Morgan fingerprint density at radius 2 is 2.00 bits per heavy atom. The normalized spacial score (nSPS) is 11.8. The van der Waals surface area contributed by atoms with Crippen molar-refractivity contribution in [3.63, 3.8) is 0 Å². The van der Waals surface area contributed by atoms with E-state index in [2.05, 4.69) is 17.2 Å². The van der Waals surface area contributed by atoms with Gasteiger partial charge in [0.05, 0.1) is 12.2 Å². The molecule has 0 saturated carbocycles. The first kappa shape index (κ1) is 13.1. The highest BCUT2D eigenvalue weighted by atomic mass is 16.4. The van der Waals surface area contributed by atoms with Crippen LogP contribution in [0.15, 0.2) is 29.4 Å². The monoisotopic (exact) mass is 258 g/mol. The fraction of sp³-hybridized carbons (Fsp3) is 0.286. The van der Waals surface area contributed by atoms with Gasteiger partial charge in [0.15, 0.2) is 5.84 Å². The highest BCUT2D eigenvalue weighted by Crippen LogP contribution is 2.15. The van der Waals surface area contributed by atoms with Crippen LogP contribution in [0.25, 0.3) is 0 Å².